The molecule has 0 saturated heterocycles. The molecule has 1 aromatic carbocycles. The first-order valence-electron chi connectivity index (χ1n) is 7.18. The van der Waals surface area contributed by atoms with Gasteiger partial charge in [0.25, 0.3) is 0 Å². The molecule has 1 aromatic heterocycles. The Labute approximate surface area is 148 Å². The van der Waals surface area contributed by atoms with Crippen LogP contribution in [0, 0.1) is 0 Å². The van der Waals surface area contributed by atoms with Gasteiger partial charge in [-0.05, 0) is 18.9 Å². The molecule has 6 nitrogen and oxygen atoms in total. The van der Waals surface area contributed by atoms with Gasteiger partial charge >= 0.3 is 0 Å². The number of aryl methyl sites for hydroxylation is 1. The number of hydrogen-bond donors (Lipinski definition) is 2. The maximum absolute atomic E-state index is 4.52. The summed E-state index contributed by atoms with van der Waals surface area (Å²) >= 11 is 0. The molecular weight excluding hydrogens is 391 g/mol. The fraction of sp³-hybridized carbons (Fsp3) is 0.400. The number of aliphatic imine (C=N–C) groups is 1. The van der Waals surface area contributed by atoms with Gasteiger partial charge in [-0.25, -0.2) is 4.99 Å². The van der Waals surface area contributed by atoms with Gasteiger partial charge in [0.05, 0.1) is 0 Å². The van der Waals surface area contributed by atoms with E-state index in [0.717, 1.165) is 31.3 Å². The molecule has 120 valence electrons. The molecule has 2 aromatic rings. The van der Waals surface area contributed by atoms with Crippen molar-refractivity contribution in [3.63, 3.8) is 0 Å². The molecule has 0 aliphatic carbocycles. The molecular formula is C15H23IN6. The lowest BCUT2D eigenvalue weighted by Gasteiger charge is -2.11. The molecule has 0 aliphatic heterocycles. The fourth-order valence-corrected chi connectivity index (χ4v) is 1.91. The Balaban J connectivity index is 0.00000242. The molecule has 2 rings (SSSR count). The van der Waals surface area contributed by atoms with Gasteiger partial charge in [-0.1, -0.05) is 30.3 Å². The average molecular weight is 414 g/mol. The van der Waals surface area contributed by atoms with Crippen LogP contribution in [0.2, 0.25) is 0 Å². The predicted octanol–water partition coefficient (Wildman–Crippen LogP) is 1.73. The Kier molecular flexibility index (Phi) is 8.49. The van der Waals surface area contributed by atoms with Crippen molar-refractivity contribution in [3.8, 4) is 0 Å². The van der Waals surface area contributed by atoms with Crippen molar-refractivity contribution >= 4 is 29.9 Å². The second-order valence-electron chi connectivity index (χ2n) is 4.72. The first-order valence-corrected chi connectivity index (χ1v) is 7.18. The SMILES string of the molecule is CCNC(=NCc1nncn1C)NCCc1ccccc1.I. The van der Waals surface area contributed by atoms with Crippen LogP contribution in [0.5, 0.6) is 0 Å². The van der Waals surface area contributed by atoms with Gasteiger partial charge < -0.3 is 15.2 Å². The number of nitrogens with zero attached hydrogens (tertiary/aromatic N) is 4. The first-order chi connectivity index (χ1) is 10.3. The summed E-state index contributed by atoms with van der Waals surface area (Å²) in [5.41, 5.74) is 1.31. The second-order valence-corrected chi connectivity index (χ2v) is 4.72. The van der Waals surface area contributed by atoms with E-state index in [1.54, 1.807) is 6.33 Å². The monoisotopic (exact) mass is 414 g/mol. The van der Waals surface area contributed by atoms with Crippen molar-refractivity contribution < 1.29 is 0 Å². The Morgan fingerprint density at radius 1 is 1.23 bits per heavy atom. The summed E-state index contributed by atoms with van der Waals surface area (Å²) in [6, 6.07) is 10.4. The molecule has 0 amide bonds. The summed E-state index contributed by atoms with van der Waals surface area (Å²) in [5.74, 6) is 1.65. The zero-order valence-corrected chi connectivity index (χ0v) is 15.3. The third-order valence-corrected chi connectivity index (χ3v) is 3.08. The fourth-order valence-electron chi connectivity index (χ4n) is 1.91. The summed E-state index contributed by atoms with van der Waals surface area (Å²) in [7, 11) is 1.92. The number of halogens is 1. The van der Waals surface area contributed by atoms with Gasteiger partial charge in [-0.3, -0.25) is 0 Å². The van der Waals surface area contributed by atoms with Gasteiger partial charge in [0.15, 0.2) is 11.8 Å². The van der Waals surface area contributed by atoms with E-state index < -0.39 is 0 Å². The first kappa shape index (κ1) is 18.4. The van der Waals surface area contributed by atoms with Crippen molar-refractivity contribution in [3.05, 3.63) is 48.0 Å². The van der Waals surface area contributed by atoms with Crippen LogP contribution < -0.4 is 10.6 Å². The minimum Gasteiger partial charge on any atom is -0.357 e. The zero-order chi connectivity index (χ0) is 14.9. The Hall–Kier alpha value is -1.64. The van der Waals surface area contributed by atoms with Crippen LogP contribution in [0.25, 0.3) is 0 Å². The van der Waals surface area contributed by atoms with Crippen molar-refractivity contribution in [2.24, 2.45) is 12.0 Å². The number of benzene rings is 1. The lowest BCUT2D eigenvalue weighted by atomic mass is 10.1. The molecule has 0 unspecified atom stereocenters. The topological polar surface area (TPSA) is 67.1 Å². The zero-order valence-electron chi connectivity index (χ0n) is 13.0. The van der Waals surface area contributed by atoms with E-state index in [-0.39, 0.29) is 24.0 Å². The van der Waals surface area contributed by atoms with Gasteiger partial charge in [-0.15, -0.1) is 34.2 Å². The van der Waals surface area contributed by atoms with Crippen molar-refractivity contribution in [1.82, 2.24) is 25.4 Å². The van der Waals surface area contributed by atoms with Gasteiger partial charge in [-0.2, -0.15) is 0 Å². The quantitative estimate of drug-likeness (QED) is 0.429. The maximum Gasteiger partial charge on any atom is 0.191 e. The maximum atomic E-state index is 4.52. The summed E-state index contributed by atoms with van der Waals surface area (Å²) in [6.45, 7) is 4.23. The summed E-state index contributed by atoms with van der Waals surface area (Å²) in [5, 5.41) is 14.4. The molecule has 0 fully saturated rings. The summed E-state index contributed by atoms with van der Waals surface area (Å²) in [6.07, 6.45) is 2.65. The molecule has 0 spiro atoms. The average Bonchev–Trinajstić information content (AvgIpc) is 2.91. The number of nitrogens with one attached hydrogen (secondary N) is 2. The highest BCUT2D eigenvalue weighted by molar-refractivity contribution is 14.0. The van der Waals surface area contributed by atoms with Gasteiger partial charge in [0.1, 0.15) is 12.9 Å². The molecule has 1 heterocycles. The van der Waals surface area contributed by atoms with E-state index in [0.29, 0.717) is 6.54 Å². The highest BCUT2D eigenvalue weighted by atomic mass is 127. The molecule has 2 N–H and O–H groups in total. The smallest absolute Gasteiger partial charge is 0.191 e. The van der Waals surface area contributed by atoms with Crippen molar-refractivity contribution in [1.29, 1.82) is 0 Å². The molecule has 0 radical (unpaired) electrons. The number of rotatable bonds is 6. The Morgan fingerprint density at radius 3 is 2.64 bits per heavy atom. The Morgan fingerprint density at radius 2 is 2.00 bits per heavy atom. The van der Waals surface area contributed by atoms with Crippen LogP contribution in [0.3, 0.4) is 0 Å². The third-order valence-electron chi connectivity index (χ3n) is 3.08. The molecule has 0 bridgehead atoms. The van der Waals surface area contributed by atoms with E-state index in [2.05, 4.69) is 57.0 Å². The lowest BCUT2D eigenvalue weighted by Crippen LogP contribution is -2.38. The predicted molar refractivity (Wildman–Crippen MR) is 99.4 cm³/mol. The lowest BCUT2D eigenvalue weighted by molar-refractivity contribution is 0.763. The van der Waals surface area contributed by atoms with Gasteiger partial charge in [0.2, 0.25) is 0 Å². The minimum atomic E-state index is 0. The molecule has 0 atom stereocenters. The van der Waals surface area contributed by atoms with Crippen LogP contribution in [-0.2, 0) is 20.0 Å². The highest BCUT2D eigenvalue weighted by Crippen LogP contribution is 1.98. The largest absolute Gasteiger partial charge is 0.357 e. The van der Waals surface area contributed by atoms with E-state index in [1.807, 2.05) is 17.7 Å². The molecule has 0 aliphatic rings. The second kappa shape index (κ2) is 10.1. The Bertz CT molecular complexity index is 566. The van der Waals surface area contributed by atoms with Crippen LogP contribution in [0.4, 0.5) is 0 Å². The normalized spacial score (nSPS) is 10.9. The number of hydrogen-bond acceptors (Lipinski definition) is 3. The van der Waals surface area contributed by atoms with Crippen LogP contribution >= 0.6 is 24.0 Å². The number of guanidine groups is 1. The van der Waals surface area contributed by atoms with Crippen LogP contribution in [-0.4, -0.2) is 33.8 Å². The standard InChI is InChI=1S/C15H22N6.HI/c1-3-16-15(18-11-14-20-19-12-21(14)2)17-10-9-13-7-5-4-6-8-13;/h4-8,12H,3,9-11H2,1-2H3,(H2,16,17,18);1H. The highest BCUT2D eigenvalue weighted by Gasteiger charge is 2.01. The molecule has 7 heteroatoms. The van der Waals surface area contributed by atoms with E-state index in [9.17, 15) is 0 Å². The van der Waals surface area contributed by atoms with E-state index in [1.165, 1.54) is 5.56 Å². The van der Waals surface area contributed by atoms with Crippen molar-refractivity contribution in [2.75, 3.05) is 13.1 Å². The number of aromatic nitrogens is 3. The van der Waals surface area contributed by atoms with Gasteiger partial charge in [0, 0.05) is 20.1 Å². The van der Waals surface area contributed by atoms with Crippen molar-refractivity contribution in [2.45, 2.75) is 19.9 Å². The molecule has 22 heavy (non-hydrogen) atoms. The van der Waals surface area contributed by atoms with Crippen LogP contribution in [0.15, 0.2) is 41.7 Å². The summed E-state index contributed by atoms with van der Waals surface area (Å²) in [4.78, 5) is 4.52. The third kappa shape index (κ3) is 6.00. The minimum absolute atomic E-state index is 0. The van der Waals surface area contributed by atoms with E-state index in [4.69, 9.17) is 0 Å². The summed E-state index contributed by atoms with van der Waals surface area (Å²) < 4.78 is 1.87. The van der Waals surface area contributed by atoms with Crippen LogP contribution in [0.1, 0.15) is 18.3 Å². The molecule has 0 saturated carbocycles. The van der Waals surface area contributed by atoms with E-state index >= 15 is 0 Å².